The van der Waals surface area contributed by atoms with Crippen molar-refractivity contribution >= 4 is 0 Å². The summed E-state index contributed by atoms with van der Waals surface area (Å²) in [5, 5.41) is 3.67. The second-order valence-corrected chi connectivity index (χ2v) is 5.59. The van der Waals surface area contributed by atoms with Gasteiger partial charge in [-0.3, -0.25) is 4.90 Å². The average Bonchev–Trinajstić information content (AvgIpc) is 2.23. The fourth-order valence-corrected chi connectivity index (χ4v) is 2.19. The SMILES string of the molecule is CCC(C)CN1CC(C)(CC)NCC1C. The largest absolute Gasteiger partial charge is 0.309 e. The maximum atomic E-state index is 3.67. The predicted octanol–water partition coefficient (Wildman–Crippen LogP) is 2.49. The van der Waals surface area contributed by atoms with Crippen LogP contribution in [0.3, 0.4) is 0 Å². The van der Waals surface area contributed by atoms with Crippen LogP contribution in [0.4, 0.5) is 0 Å². The van der Waals surface area contributed by atoms with Gasteiger partial charge in [0.25, 0.3) is 0 Å². The first kappa shape index (κ1) is 13.0. The first-order chi connectivity index (χ1) is 7.00. The Kier molecular flexibility index (Phi) is 4.60. The van der Waals surface area contributed by atoms with Gasteiger partial charge in [0, 0.05) is 31.2 Å². The van der Waals surface area contributed by atoms with Crippen molar-refractivity contribution in [3.8, 4) is 0 Å². The highest BCUT2D eigenvalue weighted by atomic mass is 15.2. The van der Waals surface area contributed by atoms with Crippen molar-refractivity contribution in [2.45, 2.75) is 59.0 Å². The molecule has 0 bridgehead atoms. The third kappa shape index (κ3) is 3.46. The van der Waals surface area contributed by atoms with Crippen LogP contribution in [0.5, 0.6) is 0 Å². The normalized spacial score (nSPS) is 35.4. The Balaban J connectivity index is 2.53. The molecule has 1 aliphatic heterocycles. The van der Waals surface area contributed by atoms with E-state index in [1.165, 1.54) is 25.9 Å². The summed E-state index contributed by atoms with van der Waals surface area (Å²) in [4.78, 5) is 2.66. The number of rotatable bonds is 4. The Morgan fingerprint density at radius 2 is 2.13 bits per heavy atom. The topological polar surface area (TPSA) is 15.3 Å². The quantitative estimate of drug-likeness (QED) is 0.770. The molecule has 0 aromatic rings. The molecule has 90 valence electrons. The van der Waals surface area contributed by atoms with Gasteiger partial charge in [0.1, 0.15) is 0 Å². The van der Waals surface area contributed by atoms with Crippen LogP contribution in [0.15, 0.2) is 0 Å². The third-order valence-electron chi connectivity index (χ3n) is 4.02. The van der Waals surface area contributed by atoms with Gasteiger partial charge in [0.15, 0.2) is 0 Å². The molecule has 1 heterocycles. The van der Waals surface area contributed by atoms with Crippen molar-refractivity contribution in [3.05, 3.63) is 0 Å². The van der Waals surface area contributed by atoms with Crippen molar-refractivity contribution in [2.24, 2.45) is 5.92 Å². The van der Waals surface area contributed by atoms with Crippen LogP contribution in [0.1, 0.15) is 47.5 Å². The Hall–Kier alpha value is -0.0800. The average molecular weight is 212 g/mol. The molecule has 0 aromatic carbocycles. The monoisotopic (exact) mass is 212 g/mol. The zero-order valence-corrected chi connectivity index (χ0v) is 11.1. The third-order valence-corrected chi connectivity index (χ3v) is 4.02. The van der Waals surface area contributed by atoms with Crippen molar-refractivity contribution in [1.29, 1.82) is 0 Å². The lowest BCUT2D eigenvalue weighted by molar-refractivity contribution is 0.0796. The zero-order valence-electron chi connectivity index (χ0n) is 11.1. The number of piperazine rings is 1. The van der Waals surface area contributed by atoms with E-state index >= 15 is 0 Å². The van der Waals surface area contributed by atoms with Gasteiger partial charge in [-0.1, -0.05) is 27.2 Å². The highest BCUT2D eigenvalue weighted by Crippen LogP contribution is 2.20. The van der Waals surface area contributed by atoms with Gasteiger partial charge < -0.3 is 5.32 Å². The van der Waals surface area contributed by atoms with Crippen LogP contribution in [-0.2, 0) is 0 Å². The lowest BCUT2D eigenvalue weighted by Crippen LogP contribution is -2.62. The summed E-state index contributed by atoms with van der Waals surface area (Å²) in [6, 6.07) is 0.693. The first-order valence-electron chi connectivity index (χ1n) is 6.49. The molecule has 3 unspecified atom stereocenters. The van der Waals surface area contributed by atoms with Crippen LogP contribution >= 0.6 is 0 Å². The minimum absolute atomic E-state index is 0.333. The molecule has 0 radical (unpaired) electrons. The summed E-state index contributed by atoms with van der Waals surface area (Å²) in [5.74, 6) is 0.826. The Morgan fingerprint density at radius 1 is 1.47 bits per heavy atom. The predicted molar refractivity (Wildman–Crippen MR) is 67.2 cm³/mol. The Bertz CT molecular complexity index is 193. The van der Waals surface area contributed by atoms with E-state index in [1.54, 1.807) is 0 Å². The molecule has 1 rings (SSSR count). The molecule has 0 spiro atoms. The molecule has 0 amide bonds. The van der Waals surface area contributed by atoms with Crippen molar-refractivity contribution in [1.82, 2.24) is 10.2 Å². The fraction of sp³-hybridized carbons (Fsp3) is 1.00. The standard InChI is InChI=1S/C13H28N2/c1-6-11(3)9-15-10-13(5,7-2)14-8-12(15)4/h11-12,14H,6-10H2,1-5H3. The molecule has 1 saturated heterocycles. The van der Waals surface area contributed by atoms with E-state index in [-0.39, 0.29) is 0 Å². The number of nitrogens with zero attached hydrogens (tertiary/aromatic N) is 1. The first-order valence-corrected chi connectivity index (χ1v) is 6.49. The summed E-state index contributed by atoms with van der Waals surface area (Å²) in [6.45, 7) is 15.2. The Morgan fingerprint density at radius 3 is 2.67 bits per heavy atom. The molecule has 1 fully saturated rings. The molecule has 0 aliphatic carbocycles. The van der Waals surface area contributed by atoms with E-state index in [1.807, 2.05) is 0 Å². The van der Waals surface area contributed by atoms with E-state index in [2.05, 4.69) is 44.8 Å². The maximum absolute atomic E-state index is 3.67. The molecule has 0 saturated carbocycles. The molecule has 0 aromatic heterocycles. The van der Waals surface area contributed by atoms with Crippen LogP contribution in [0, 0.1) is 5.92 Å². The number of hydrogen-bond donors (Lipinski definition) is 1. The van der Waals surface area contributed by atoms with E-state index in [4.69, 9.17) is 0 Å². The van der Waals surface area contributed by atoms with Gasteiger partial charge in [0.05, 0.1) is 0 Å². The summed E-state index contributed by atoms with van der Waals surface area (Å²) in [6.07, 6.45) is 2.51. The van der Waals surface area contributed by atoms with Gasteiger partial charge in [-0.05, 0) is 26.2 Å². The minimum Gasteiger partial charge on any atom is -0.309 e. The molecular formula is C13H28N2. The summed E-state index contributed by atoms with van der Waals surface area (Å²) in [7, 11) is 0. The molecule has 3 atom stereocenters. The molecule has 15 heavy (non-hydrogen) atoms. The Labute approximate surface area is 95.4 Å². The van der Waals surface area contributed by atoms with Crippen molar-refractivity contribution in [3.63, 3.8) is 0 Å². The summed E-state index contributed by atoms with van der Waals surface area (Å²) >= 11 is 0. The summed E-state index contributed by atoms with van der Waals surface area (Å²) in [5.41, 5.74) is 0.333. The lowest BCUT2D eigenvalue weighted by Gasteiger charge is -2.45. The zero-order chi connectivity index (χ0) is 11.5. The van der Waals surface area contributed by atoms with Gasteiger partial charge in [-0.2, -0.15) is 0 Å². The molecular weight excluding hydrogens is 184 g/mol. The van der Waals surface area contributed by atoms with E-state index < -0.39 is 0 Å². The van der Waals surface area contributed by atoms with Gasteiger partial charge >= 0.3 is 0 Å². The summed E-state index contributed by atoms with van der Waals surface area (Å²) < 4.78 is 0. The molecule has 2 heteroatoms. The van der Waals surface area contributed by atoms with E-state index in [0.29, 0.717) is 11.6 Å². The number of nitrogens with one attached hydrogen (secondary N) is 1. The molecule has 1 N–H and O–H groups in total. The van der Waals surface area contributed by atoms with Crippen LogP contribution in [0.2, 0.25) is 0 Å². The lowest BCUT2D eigenvalue weighted by atomic mass is 9.93. The smallest absolute Gasteiger partial charge is 0.0278 e. The second-order valence-electron chi connectivity index (χ2n) is 5.59. The van der Waals surface area contributed by atoms with Crippen LogP contribution in [0.25, 0.3) is 0 Å². The second kappa shape index (κ2) is 5.31. The highest BCUT2D eigenvalue weighted by molar-refractivity contribution is 4.93. The number of hydrogen-bond acceptors (Lipinski definition) is 2. The molecule has 2 nitrogen and oxygen atoms in total. The van der Waals surface area contributed by atoms with Crippen LogP contribution in [-0.4, -0.2) is 36.1 Å². The molecule has 1 aliphatic rings. The van der Waals surface area contributed by atoms with Crippen LogP contribution < -0.4 is 5.32 Å². The van der Waals surface area contributed by atoms with E-state index in [9.17, 15) is 0 Å². The minimum atomic E-state index is 0.333. The van der Waals surface area contributed by atoms with Crippen molar-refractivity contribution < 1.29 is 0 Å². The fourth-order valence-electron chi connectivity index (χ4n) is 2.19. The van der Waals surface area contributed by atoms with E-state index in [0.717, 1.165) is 12.5 Å². The van der Waals surface area contributed by atoms with Gasteiger partial charge in [-0.15, -0.1) is 0 Å². The van der Waals surface area contributed by atoms with Gasteiger partial charge in [0.2, 0.25) is 0 Å². The van der Waals surface area contributed by atoms with Crippen molar-refractivity contribution in [2.75, 3.05) is 19.6 Å². The van der Waals surface area contributed by atoms with Gasteiger partial charge in [-0.25, -0.2) is 0 Å². The maximum Gasteiger partial charge on any atom is 0.0278 e. The highest BCUT2D eigenvalue weighted by Gasteiger charge is 2.32.